The van der Waals surface area contributed by atoms with E-state index >= 15 is 0 Å². The third kappa shape index (κ3) is 2.75. The van der Waals surface area contributed by atoms with Crippen LogP contribution in [0.3, 0.4) is 0 Å². The zero-order valence-corrected chi connectivity index (χ0v) is 12.7. The molecule has 2 aliphatic carbocycles. The summed E-state index contributed by atoms with van der Waals surface area (Å²) < 4.78 is 22.5. The fourth-order valence-corrected chi connectivity index (χ4v) is 5.06. The number of fused-ring (bicyclic) bond motifs is 1. The minimum Gasteiger partial charge on any atom is -0.355 e. The molecule has 3 N–H and O–H groups in total. The summed E-state index contributed by atoms with van der Waals surface area (Å²) in [6.07, 6.45) is 4.31. The molecule has 1 aromatic heterocycles. The van der Waals surface area contributed by atoms with Crippen LogP contribution >= 0.6 is 11.3 Å². The van der Waals surface area contributed by atoms with E-state index in [0.29, 0.717) is 24.8 Å². The number of thiophene rings is 1. The summed E-state index contributed by atoms with van der Waals surface area (Å²) in [4.78, 5) is 12.9. The van der Waals surface area contributed by atoms with Crippen LogP contribution < -0.4 is 10.5 Å². The van der Waals surface area contributed by atoms with Crippen LogP contribution in [0.2, 0.25) is 0 Å². The van der Waals surface area contributed by atoms with Gasteiger partial charge in [0, 0.05) is 17.3 Å². The zero-order valence-electron chi connectivity index (χ0n) is 11.0. The topological polar surface area (TPSA) is 89.3 Å². The molecule has 2 atom stereocenters. The molecule has 2 fully saturated rings. The summed E-state index contributed by atoms with van der Waals surface area (Å²) in [6, 6.07) is 3.27. The predicted molar refractivity (Wildman–Crippen MR) is 76.7 cm³/mol. The monoisotopic (exact) mass is 314 g/mol. The van der Waals surface area contributed by atoms with E-state index in [4.69, 9.17) is 5.14 Å². The van der Waals surface area contributed by atoms with Crippen molar-refractivity contribution < 1.29 is 13.2 Å². The molecule has 0 aliphatic heterocycles. The Hall–Kier alpha value is -0.920. The number of hydrogen-bond acceptors (Lipinski definition) is 4. The van der Waals surface area contributed by atoms with Gasteiger partial charge in [-0.05, 0) is 43.2 Å². The van der Waals surface area contributed by atoms with Gasteiger partial charge in [-0.3, -0.25) is 4.79 Å². The van der Waals surface area contributed by atoms with E-state index in [9.17, 15) is 13.2 Å². The molecule has 0 bridgehead atoms. The Balaban J connectivity index is 1.46. The van der Waals surface area contributed by atoms with Crippen LogP contribution in [0.1, 0.15) is 24.1 Å². The van der Waals surface area contributed by atoms with E-state index in [2.05, 4.69) is 5.32 Å². The molecule has 0 radical (unpaired) electrons. The van der Waals surface area contributed by atoms with Crippen LogP contribution in [-0.4, -0.2) is 20.9 Å². The highest BCUT2D eigenvalue weighted by Crippen LogP contribution is 2.57. The van der Waals surface area contributed by atoms with Gasteiger partial charge in [-0.2, -0.15) is 0 Å². The van der Waals surface area contributed by atoms with Crippen LogP contribution in [0.4, 0.5) is 0 Å². The standard InChI is InChI=1S/C13H18N2O3S2/c14-20(17,18)11-5-4-8(19-11)6-7-15-13(16)12-9-2-1-3-10(9)12/h4-5,9-10,12H,1-3,6-7H2,(H,15,16)(H2,14,17,18). The molecule has 2 unspecified atom stereocenters. The van der Waals surface area contributed by atoms with Crippen molar-refractivity contribution in [2.45, 2.75) is 29.9 Å². The molecule has 1 heterocycles. The van der Waals surface area contributed by atoms with Gasteiger partial charge in [0.15, 0.2) is 0 Å². The number of primary sulfonamides is 1. The smallest absolute Gasteiger partial charge is 0.247 e. The molecule has 2 aliphatic rings. The van der Waals surface area contributed by atoms with Crippen LogP contribution in [0, 0.1) is 17.8 Å². The first-order chi connectivity index (χ1) is 9.47. The number of rotatable bonds is 5. The van der Waals surface area contributed by atoms with Crippen molar-refractivity contribution in [3.8, 4) is 0 Å². The first kappa shape index (κ1) is 14.0. The van der Waals surface area contributed by atoms with Crippen LogP contribution in [0.15, 0.2) is 16.3 Å². The third-order valence-electron chi connectivity index (χ3n) is 4.30. The van der Waals surface area contributed by atoms with Gasteiger partial charge in [-0.1, -0.05) is 6.42 Å². The minimum atomic E-state index is -3.61. The normalized spacial score (nSPS) is 28.1. The number of amides is 1. The third-order valence-corrected chi connectivity index (χ3v) is 6.88. The molecule has 110 valence electrons. The molecule has 0 aromatic carbocycles. The summed E-state index contributed by atoms with van der Waals surface area (Å²) in [5, 5.41) is 8.02. The molecular weight excluding hydrogens is 296 g/mol. The van der Waals surface area contributed by atoms with Gasteiger partial charge in [0.25, 0.3) is 0 Å². The molecule has 20 heavy (non-hydrogen) atoms. The van der Waals surface area contributed by atoms with Gasteiger partial charge in [0.2, 0.25) is 15.9 Å². The fraction of sp³-hybridized carbons (Fsp3) is 0.615. The average molecular weight is 314 g/mol. The largest absolute Gasteiger partial charge is 0.355 e. The lowest BCUT2D eigenvalue weighted by atomic mass is 10.1. The van der Waals surface area contributed by atoms with Gasteiger partial charge in [-0.15, -0.1) is 11.3 Å². The van der Waals surface area contributed by atoms with Gasteiger partial charge < -0.3 is 5.32 Å². The lowest BCUT2D eigenvalue weighted by Crippen LogP contribution is -2.28. The second-order valence-corrected chi connectivity index (χ2v) is 8.55. The molecule has 0 spiro atoms. The van der Waals surface area contributed by atoms with Crippen molar-refractivity contribution in [1.29, 1.82) is 0 Å². The quantitative estimate of drug-likeness (QED) is 0.853. The maximum Gasteiger partial charge on any atom is 0.247 e. The Morgan fingerprint density at radius 3 is 2.65 bits per heavy atom. The highest BCUT2D eigenvalue weighted by atomic mass is 32.2. The summed E-state index contributed by atoms with van der Waals surface area (Å²) in [6.45, 7) is 0.555. The molecular formula is C13H18N2O3S2. The van der Waals surface area contributed by atoms with E-state index < -0.39 is 10.0 Å². The number of nitrogens with one attached hydrogen (secondary N) is 1. The van der Waals surface area contributed by atoms with Crippen molar-refractivity contribution in [3.63, 3.8) is 0 Å². The Morgan fingerprint density at radius 2 is 2.05 bits per heavy atom. The van der Waals surface area contributed by atoms with E-state index in [-0.39, 0.29) is 16.0 Å². The number of carbonyl (C=O) groups is 1. The van der Waals surface area contributed by atoms with Crippen molar-refractivity contribution in [2.24, 2.45) is 22.9 Å². The SMILES string of the molecule is NS(=O)(=O)c1ccc(CCNC(=O)C2C3CCCC32)s1. The Kier molecular flexibility index (Phi) is 3.60. The Bertz CT molecular complexity index is 613. The van der Waals surface area contributed by atoms with Crippen molar-refractivity contribution in [2.75, 3.05) is 6.54 Å². The maximum absolute atomic E-state index is 12.0. The van der Waals surface area contributed by atoms with Crippen molar-refractivity contribution >= 4 is 27.3 Å². The van der Waals surface area contributed by atoms with Gasteiger partial charge in [-0.25, -0.2) is 13.6 Å². The highest BCUT2D eigenvalue weighted by molar-refractivity contribution is 7.91. The van der Waals surface area contributed by atoms with E-state index in [0.717, 1.165) is 4.88 Å². The van der Waals surface area contributed by atoms with Gasteiger partial charge in [0.05, 0.1) is 0 Å². The lowest BCUT2D eigenvalue weighted by molar-refractivity contribution is -0.123. The molecule has 0 saturated heterocycles. The summed E-state index contributed by atoms with van der Waals surface area (Å²) >= 11 is 1.17. The molecule has 3 rings (SSSR count). The number of sulfonamides is 1. The van der Waals surface area contributed by atoms with Crippen molar-refractivity contribution in [3.05, 3.63) is 17.0 Å². The molecule has 1 amide bonds. The molecule has 1 aromatic rings. The van der Waals surface area contributed by atoms with Crippen LogP contribution in [0.25, 0.3) is 0 Å². The molecule has 5 nitrogen and oxygen atoms in total. The van der Waals surface area contributed by atoms with E-state index in [1.54, 1.807) is 6.07 Å². The van der Waals surface area contributed by atoms with Crippen LogP contribution in [-0.2, 0) is 21.2 Å². The lowest BCUT2D eigenvalue weighted by Gasteiger charge is -2.05. The predicted octanol–water partition coefficient (Wildman–Crippen LogP) is 1.10. The van der Waals surface area contributed by atoms with Gasteiger partial charge in [0.1, 0.15) is 4.21 Å². The number of carbonyl (C=O) groups excluding carboxylic acids is 1. The number of hydrogen-bond donors (Lipinski definition) is 2. The summed E-state index contributed by atoms with van der Waals surface area (Å²) in [5.74, 6) is 1.67. The Labute approximate surface area is 122 Å². The van der Waals surface area contributed by atoms with Gasteiger partial charge >= 0.3 is 0 Å². The van der Waals surface area contributed by atoms with Crippen LogP contribution in [0.5, 0.6) is 0 Å². The first-order valence-corrected chi connectivity index (χ1v) is 9.22. The fourth-order valence-electron chi connectivity index (χ4n) is 3.28. The molecule has 7 heteroatoms. The Morgan fingerprint density at radius 1 is 1.35 bits per heavy atom. The summed E-state index contributed by atoms with van der Waals surface area (Å²) in [5.41, 5.74) is 0. The summed E-state index contributed by atoms with van der Waals surface area (Å²) in [7, 11) is -3.61. The molecule has 2 saturated carbocycles. The first-order valence-electron chi connectivity index (χ1n) is 6.86. The second kappa shape index (κ2) is 5.13. The minimum absolute atomic E-state index is 0.169. The second-order valence-electron chi connectivity index (χ2n) is 5.59. The van der Waals surface area contributed by atoms with Crippen molar-refractivity contribution in [1.82, 2.24) is 5.32 Å². The zero-order chi connectivity index (χ0) is 14.3. The highest BCUT2D eigenvalue weighted by Gasteiger charge is 2.56. The number of nitrogens with two attached hydrogens (primary N) is 1. The van der Waals surface area contributed by atoms with E-state index in [1.807, 2.05) is 0 Å². The average Bonchev–Trinajstić information content (AvgIpc) is 2.80. The maximum atomic E-state index is 12.0. The van der Waals surface area contributed by atoms with E-state index in [1.165, 1.54) is 36.7 Å².